The minimum atomic E-state index is -0.0532. The van der Waals surface area contributed by atoms with Crippen LogP contribution in [0.2, 0.25) is 0 Å². The van der Waals surface area contributed by atoms with E-state index in [0.29, 0.717) is 11.5 Å². The molecule has 1 N–H and O–H groups in total. The summed E-state index contributed by atoms with van der Waals surface area (Å²) >= 11 is 0. The quantitative estimate of drug-likeness (QED) is 0.875. The summed E-state index contributed by atoms with van der Waals surface area (Å²) in [5.41, 5.74) is 1.69. The van der Waals surface area contributed by atoms with Gasteiger partial charge in [-0.05, 0) is 18.6 Å². The van der Waals surface area contributed by atoms with Crippen LogP contribution < -0.4 is 14.8 Å². The molecule has 0 spiro atoms. The first-order valence-corrected chi connectivity index (χ1v) is 5.53. The van der Waals surface area contributed by atoms with E-state index in [1.54, 1.807) is 20.3 Å². The van der Waals surface area contributed by atoms with E-state index in [9.17, 15) is 4.79 Å². The topological polar surface area (TPSA) is 47.6 Å². The molecule has 1 rings (SSSR count). The number of ether oxygens (including phenoxy) is 2. The van der Waals surface area contributed by atoms with E-state index in [1.807, 2.05) is 26.8 Å². The maximum Gasteiger partial charge on any atom is 0.226 e. The second kappa shape index (κ2) is 5.57. The summed E-state index contributed by atoms with van der Waals surface area (Å²) in [6.45, 7) is 5.62. The van der Waals surface area contributed by atoms with Gasteiger partial charge in [0.25, 0.3) is 0 Å². The van der Waals surface area contributed by atoms with Gasteiger partial charge in [-0.3, -0.25) is 4.79 Å². The van der Waals surface area contributed by atoms with E-state index in [1.165, 1.54) is 0 Å². The number of carbonyl (C=O) groups excluding carboxylic acids is 1. The minimum absolute atomic E-state index is 0.0136. The summed E-state index contributed by atoms with van der Waals surface area (Å²) in [5.74, 6) is 1.20. The van der Waals surface area contributed by atoms with Crippen molar-refractivity contribution in [1.82, 2.24) is 0 Å². The van der Waals surface area contributed by atoms with Gasteiger partial charge in [-0.15, -0.1) is 0 Å². The summed E-state index contributed by atoms with van der Waals surface area (Å²) in [6.07, 6.45) is 0. The summed E-state index contributed by atoms with van der Waals surface area (Å²) < 4.78 is 10.4. The molecule has 0 aliphatic carbocycles. The third-order valence-corrected chi connectivity index (χ3v) is 2.51. The zero-order chi connectivity index (χ0) is 13.0. The van der Waals surface area contributed by atoms with Crippen LogP contribution in [0.25, 0.3) is 0 Å². The molecule has 0 aromatic heterocycles. The highest BCUT2D eigenvalue weighted by Gasteiger charge is 2.12. The van der Waals surface area contributed by atoms with Crippen LogP contribution in [0.15, 0.2) is 12.1 Å². The Balaban J connectivity index is 3.04. The first-order valence-electron chi connectivity index (χ1n) is 5.53. The zero-order valence-electron chi connectivity index (χ0n) is 11.0. The number of methoxy groups -OCH3 is 2. The van der Waals surface area contributed by atoms with Gasteiger partial charge in [0.15, 0.2) is 11.5 Å². The molecule has 0 saturated heterocycles. The van der Waals surface area contributed by atoms with Gasteiger partial charge in [0, 0.05) is 17.7 Å². The van der Waals surface area contributed by atoms with Gasteiger partial charge < -0.3 is 14.8 Å². The number of aryl methyl sites for hydroxylation is 1. The number of hydrogen-bond acceptors (Lipinski definition) is 3. The van der Waals surface area contributed by atoms with Crippen molar-refractivity contribution in [1.29, 1.82) is 0 Å². The van der Waals surface area contributed by atoms with Crippen LogP contribution >= 0.6 is 0 Å². The summed E-state index contributed by atoms with van der Waals surface area (Å²) in [4.78, 5) is 11.6. The zero-order valence-corrected chi connectivity index (χ0v) is 11.0. The molecule has 0 atom stereocenters. The van der Waals surface area contributed by atoms with Crippen molar-refractivity contribution in [3.05, 3.63) is 17.7 Å². The lowest BCUT2D eigenvalue weighted by Gasteiger charge is -2.14. The Kier molecular flexibility index (Phi) is 4.37. The van der Waals surface area contributed by atoms with Crippen LogP contribution in [-0.2, 0) is 4.79 Å². The fourth-order valence-corrected chi connectivity index (χ4v) is 1.39. The van der Waals surface area contributed by atoms with E-state index in [0.717, 1.165) is 11.3 Å². The minimum Gasteiger partial charge on any atom is -0.493 e. The molecule has 4 heteroatoms. The van der Waals surface area contributed by atoms with Crippen LogP contribution in [0, 0.1) is 12.8 Å². The Bertz CT molecular complexity index is 413. The maximum absolute atomic E-state index is 11.6. The van der Waals surface area contributed by atoms with E-state index < -0.39 is 0 Å². The largest absolute Gasteiger partial charge is 0.493 e. The first kappa shape index (κ1) is 13.4. The van der Waals surface area contributed by atoms with E-state index in [-0.39, 0.29) is 11.8 Å². The van der Waals surface area contributed by atoms with Crippen molar-refractivity contribution in [3.63, 3.8) is 0 Å². The van der Waals surface area contributed by atoms with Crippen LogP contribution in [0.3, 0.4) is 0 Å². The predicted octanol–water partition coefficient (Wildman–Crippen LogP) is 2.61. The van der Waals surface area contributed by atoms with Gasteiger partial charge in [0.05, 0.1) is 14.2 Å². The Labute approximate surface area is 102 Å². The molecule has 4 nitrogen and oxygen atoms in total. The number of hydrogen-bond donors (Lipinski definition) is 1. The van der Waals surface area contributed by atoms with E-state index in [4.69, 9.17) is 9.47 Å². The van der Waals surface area contributed by atoms with E-state index >= 15 is 0 Å². The molecule has 0 fully saturated rings. The highest BCUT2D eigenvalue weighted by atomic mass is 16.5. The third kappa shape index (κ3) is 3.12. The Morgan fingerprint density at radius 2 is 1.71 bits per heavy atom. The van der Waals surface area contributed by atoms with Crippen LogP contribution in [0.1, 0.15) is 19.4 Å². The highest BCUT2D eigenvalue weighted by Crippen LogP contribution is 2.32. The monoisotopic (exact) mass is 237 g/mol. The number of benzene rings is 1. The Morgan fingerprint density at radius 3 is 2.18 bits per heavy atom. The smallest absolute Gasteiger partial charge is 0.226 e. The second-order valence-corrected chi connectivity index (χ2v) is 4.17. The lowest BCUT2D eigenvalue weighted by Crippen LogP contribution is -2.18. The Hall–Kier alpha value is -1.71. The molecule has 0 radical (unpaired) electrons. The summed E-state index contributed by atoms with van der Waals surface area (Å²) in [6, 6.07) is 3.61. The number of rotatable bonds is 4. The molecule has 1 aromatic rings. The average Bonchev–Trinajstić information content (AvgIpc) is 2.30. The van der Waals surface area contributed by atoms with Gasteiger partial charge in [-0.1, -0.05) is 13.8 Å². The molecule has 1 amide bonds. The van der Waals surface area contributed by atoms with Crippen molar-refractivity contribution in [2.45, 2.75) is 20.8 Å². The fraction of sp³-hybridized carbons (Fsp3) is 0.462. The van der Waals surface area contributed by atoms with Gasteiger partial charge in [-0.25, -0.2) is 0 Å². The molecule has 0 bridgehead atoms. The molecule has 0 saturated carbocycles. The first-order chi connectivity index (χ1) is 7.99. The van der Waals surface area contributed by atoms with Crippen molar-refractivity contribution in [2.24, 2.45) is 5.92 Å². The Morgan fingerprint density at radius 1 is 1.18 bits per heavy atom. The van der Waals surface area contributed by atoms with Gasteiger partial charge >= 0.3 is 0 Å². The third-order valence-electron chi connectivity index (χ3n) is 2.51. The standard InChI is InChI=1S/C13H19NO3/c1-8(2)13(15)14-10-7-12(17-5)11(16-4)6-9(10)3/h6-8H,1-5H3,(H,14,15). The number of amides is 1. The van der Waals surface area contributed by atoms with Crippen molar-refractivity contribution < 1.29 is 14.3 Å². The number of nitrogens with one attached hydrogen (secondary N) is 1. The number of anilines is 1. The number of carbonyl (C=O) groups is 1. The lowest BCUT2D eigenvalue weighted by molar-refractivity contribution is -0.118. The van der Waals surface area contributed by atoms with Gasteiger partial charge in [0.1, 0.15) is 0 Å². The summed E-state index contributed by atoms with van der Waals surface area (Å²) in [7, 11) is 3.16. The highest BCUT2D eigenvalue weighted by molar-refractivity contribution is 5.93. The summed E-state index contributed by atoms with van der Waals surface area (Å²) in [5, 5.41) is 2.86. The molecule has 1 aromatic carbocycles. The van der Waals surface area contributed by atoms with Crippen molar-refractivity contribution in [2.75, 3.05) is 19.5 Å². The van der Waals surface area contributed by atoms with Crippen LogP contribution in [0.4, 0.5) is 5.69 Å². The van der Waals surface area contributed by atoms with Gasteiger partial charge in [0.2, 0.25) is 5.91 Å². The second-order valence-electron chi connectivity index (χ2n) is 4.17. The van der Waals surface area contributed by atoms with E-state index in [2.05, 4.69) is 5.32 Å². The molecule has 0 heterocycles. The average molecular weight is 237 g/mol. The molecule has 0 aliphatic heterocycles. The van der Waals surface area contributed by atoms with Crippen molar-refractivity contribution >= 4 is 11.6 Å². The molecule has 0 aliphatic rings. The molecular weight excluding hydrogens is 218 g/mol. The maximum atomic E-state index is 11.6. The van der Waals surface area contributed by atoms with Crippen LogP contribution in [0.5, 0.6) is 11.5 Å². The van der Waals surface area contributed by atoms with Crippen LogP contribution in [-0.4, -0.2) is 20.1 Å². The predicted molar refractivity (Wildman–Crippen MR) is 67.8 cm³/mol. The van der Waals surface area contributed by atoms with Crippen molar-refractivity contribution in [3.8, 4) is 11.5 Å². The lowest BCUT2D eigenvalue weighted by atomic mass is 10.1. The van der Waals surface area contributed by atoms with Gasteiger partial charge in [-0.2, -0.15) is 0 Å². The molecule has 17 heavy (non-hydrogen) atoms. The molecule has 94 valence electrons. The molecular formula is C13H19NO3. The normalized spacial score (nSPS) is 10.2. The SMILES string of the molecule is COc1cc(C)c(NC(=O)C(C)C)cc1OC. The fourth-order valence-electron chi connectivity index (χ4n) is 1.39. The molecule has 0 unspecified atom stereocenters.